The van der Waals surface area contributed by atoms with Crippen LogP contribution in [-0.2, 0) is 6.54 Å². The van der Waals surface area contributed by atoms with Gasteiger partial charge in [0.15, 0.2) is 5.75 Å². The molecule has 114 valence electrons. The van der Waals surface area contributed by atoms with Crippen molar-refractivity contribution < 1.29 is 4.74 Å². The lowest BCUT2D eigenvalue weighted by molar-refractivity contribution is 0.398. The number of nitrogens with two attached hydrogens (primary N) is 1. The predicted octanol–water partition coefficient (Wildman–Crippen LogP) is 3.27. The van der Waals surface area contributed by atoms with E-state index in [9.17, 15) is 0 Å². The maximum atomic E-state index is 6.05. The summed E-state index contributed by atoms with van der Waals surface area (Å²) in [5.74, 6) is 6.48. The number of nitrogens with one attached hydrogen (secondary N) is 1. The van der Waals surface area contributed by atoms with E-state index in [2.05, 4.69) is 33.4 Å². The molecule has 21 heavy (non-hydrogen) atoms. The molecule has 2 rings (SSSR count). The van der Waals surface area contributed by atoms with E-state index in [4.69, 9.17) is 22.2 Å². The van der Waals surface area contributed by atoms with Gasteiger partial charge in [-0.25, -0.2) is 5.43 Å². The van der Waals surface area contributed by atoms with Crippen LogP contribution in [0.1, 0.15) is 30.6 Å². The van der Waals surface area contributed by atoms with Crippen molar-refractivity contribution in [1.29, 1.82) is 0 Å². The van der Waals surface area contributed by atoms with Crippen LogP contribution in [0.15, 0.2) is 28.9 Å². The molecule has 1 atom stereocenters. The summed E-state index contributed by atoms with van der Waals surface area (Å²) in [5, 5.41) is 5.03. The summed E-state index contributed by atoms with van der Waals surface area (Å²) in [6.07, 6.45) is 2.68. The Morgan fingerprint density at radius 3 is 2.86 bits per heavy atom. The maximum Gasteiger partial charge on any atom is 0.161 e. The molecule has 0 saturated carbocycles. The van der Waals surface area contributed by atoms with Gasteiger partial charge in [-0.3, -0.25) is 10.5 Å². The standard InChI is InChI=1S/C14H18BrClN4O/c1-3-6-20-14(12(21-2)8-18-20)13(19-17)9-4-5-11(16)10(15)7-9/h4-5,7-8,13,19H,3,6,17H2,1-2H3. The molecule has 1 unspecified atom stereocenters. The second-order valence-electron chi connectivity index (χ2n) is 4.59. The average molecular weight is 374 g/mol. The van der Waals surface area contributed by atoms with Gasteiger partial charge in [-0.05, 0) is 40.0 Å². The summed E-state index contributed by atoms with van der Waals surface area (Å²) >= 11 is 9.49. The highest BCUT2D eigenvalue weighted by Crippen LogP contribution is 2.33. The quantitative estimate of drug-likeness (QED) is 0.602. The number of hydrogen-bond donors (Lipinski definition) is 2. The van der Waals surface area contributed by atoms with Crippen molar-refractivity contribution >= 4 is 27.5 Å². The fourth-order valence-electron chi connectivity index (χ4n) is 2.24. The summed E-state index contributed by atoms with van der Waals surface area (Å²) in [5.41, 5.74) is 4.71. The Balaban J connectivity index is 2.49. The molecule has 0 bridgehead atoms. The Hall–Kier alpha value is -1.08. The van der Waals surface area contributed by atoms with Crippen LogP contribution in [-0.4, -0.2) is 16.9 Å². The molecule has 3 N–H and O–H groups in total. The molecule has 0 spiro atoms. The minimum atomic E-state index is -0.234. The number of nitrogens with zero attached hydrogens (tertiary/aromatic N) is 2. The van der Waals surface area contributed by atoms with Gasteiger partial charge in [-0.15, -0.1) is 0 Å². The fourth-order valence-corrected chi connectivity index (χ4v) is 2.76. The second kappa shape index (κ2) is 7.26. The molecule has 0 aliphatic heterocycles. The molecule has 0 saturated heterocycles. The van der Waals surface area contributed by atoms with Gasteiger partial charge in [0.2, 0.25) is 0 Å². The molecule has 1 heterocycles. The van der Waals surface area contributed by atoms with Crippen molar-refractivity contribution in [2.45, 2.75) is 25.9 Å². The van der Waals surface area contributed by atoms with Crippen molar-refractivity contribution in [1.82, 2.24) is 15.2 Å². The van der Waals surface area contributed by atoms with E-state index in [1.165, 1.54) is 0 Å². The van der Waals surface area contributed by atoms with Crippen LogP contribution in [0.4, 0.5) is 0 Å². The van der Waals surface area contributed by atoms with Gasteiger partial charge in [0.1, 0.15) is 5.69 Å². The van der Waals surface area contributed by atoms with Crippen molar-refractivity contribution in [2.75, 3.05) is 7.11 Å². The van der Waals surface area contributed by atoms with Gasteiger partial charge in [-0.1, -0.05) is 24.6 Å². The highest BCUT2D eigenvalue weighted by atomic mass is 79.9. The van der Waals surface area contributed by atoms with Crippen LogP contribution in [0.3, 0.4) is 0 Å². The highest BCUT2D eigenvalue weighted by Gasteiger charge is 2.23. The van der Waals surface area contributed by atoms with Crippen LogP contribution in [0.2, 0.25) is 5.02 Å². The average Bonchev–Trinajstić information content (AvgIpc) is 2.87. The molecule has 0 amide bonds. The Morgan fingerprint density at radius 2 is 2.29 bits per heavy atom. The third-order valence-electron chi connectivity index (χ3n) is 3.22. The molecule has 0 fully saturated rings. The van der Waals surface area contributed by atoms with Gasteiger partial charge in [-0.2, -0.15) is 5.10 Å². The molecule has 5 nitrogen and oxygen atoms in total. The third kappa shape index (κ3) is 3.40. The van der Waals surface area contributed by atoms with E-state index in [-0.39, 0.29) is 6.04 Å². The first-order valence-corrected chi connectivity index (χ1v) is 7.80. The van der Waals surface area contributed by atoms with E-state index in [1.807, 2.05) is 22.9 Å². The zero-order valence-electron chi connectivity index (χ0n) is 11.9. The lowest BCUT2D eigenvalue weighted by atomic mass is 10.0. The Labute approximate surface area is 137 Å². The number of halogens is 2. The van der Waals surface area contributed by atoms with Gasteiger partial charge in [0.25, 0.3) is 0 Å². The Kier molecular flexibility index (Phi) is 5.64. The van der Waals surface area contributed by atoms with Crippen molar-refractivity contribution in [3.8, 4) is 5.75 Å². The molecule has 0 aliphatic carbocycles. The first-order chi connectivity index (χ1) is 10.1. The van der Waals surface area contributed by atoms with Gasteiger partial charge in [0, 0.05) is 11.0 Å². The lowest BCUT2D eigenvalue weighted by Gasteiger charge is -2.20. The number of methoxy groups -OCH3 is 1. The Bertz CT molecular complexity index is 617. The smallest absolute Gasteiger partial charge is 0.161 e. The van der Waals surface area contributed by atoms with E-state index in [0.29, 0.717) is 10.8 Å². The molecule has 7 heteroatoms. The van der Waals surface area contributed by atoms with Crippen LogP contribution in [0.5, 0.6) is 5.75 Å². The van der Waals surface area contributed by atoms with E-state index < -0.39 is 0 Å². The number of aromatic nitrogens is 2. The lowest BCUT2D eigenvalue weighted by Crippen LogP contribution is -2.31. The molecular weight excluding hydrogens is 356 g/mol. The van der Waals surface area contributed by atoms with Crippen molar-refractivity contribution in [3.05, 3.63) is 45.1 Å². The third-order valence-corrected chi connectivity index (χ3v) is 4.43. The number of hydrazine groups is 1. The van der Waals surface area contributed by atoms with Gasteiger partial charge in [0.05, 0.1) is 24.4 Å². The molecule has 0 aliphatic rings. The van der Waals surface area contributed by atoms with Crippen LogP contribution < -0.4 is 16.0 Å². The largest absolute Gasteiger partial charge is 0.493 e. The van der Waals surface area contributed by atoms with E-state index in [0.717, 1.165) is 28.7 Å². The summed E-state index contributed by atoms with van der Waals surface area (Å²) < 4.78 is 8.14. The zero-order chi connectivity index (χ0) is 15.4. The molecule has 1 aromatic heterocycles. The number of benzene rings is 1. The highest BCUT2D eigenvalue weighted by molar-refractivity contribution is 9.10. The van der Waals surface area contributed by atoms with Crippen molar-refractivity contribution in [3.63, 3.8) is 0 Å². The summed E-state index contributed by atoms with van der Waals surface area (Å²) in [6.45, 7) is 2.90. The maximum absolute atomic E-state index is 6.05. The molecular formula is C14H18BrClN4O. The minimum Gasteiger partial charge on any atom is -0.493 e. The molecule has 1 aromatic carbocycles. The van der Waals surface area contributed by atoms with Crippen LogP contribution in [0, 0.1) is 0 Å². The monoisotopic (exact) mass is 372 g/mol. The predicted molar refractivity (Wildman–Crippen MR) is 87.4 cm³/mol. The number of aryl methyl sites for hydroxylation is 1. The zero-order valence-corrected chi connectivity index (χ0v) is 14.3. The number of ether oxygens (including phenoxy) is 1. The number of hydrogen-bond acceptors (Lipinski definition) is 4. The summed E-state index contributed by atoms with van der Waals surface area (Å²) in [4.78, 5) is 0. The van der Waals surface area contributed by atoms with Crippen molar-refractivity contribution in [2.24, 2.45) is 5.84 Å². The van der Waals surface area contributed by atoms with E-state index in [1.54, 1.807) is 13.3 Å². The first-order valence-electron chi connectivity index (χ1n) is 6.63. The fraction of sp³-hybridized carbons (Fsp3) is 0.357. The first kappa shape index (κ1) is 16.3. The molecule has 2 aromatic rings. The summed E-state index contributed by atoms with van der Waals surface area (Å²) in [6, 6.07) is 5.47. The van der Waals surface area contributed by atoms with E-state index >= 15 is 0 Å². The summed E-state index contributed by atoms with van der Waals surface area (Å²) in [7, 11) is 1.63. The van der Waals surface area contributed by atoms with Crippen LogP contribution >= 0.6 is 27.5 Å². The van der Waals surface area contributed by atoms with Gasteiger partial charge < -0.3 is 4.74 Å². The Morgan fingerprint density at radius 1 is 1.52 bits per heavy atom. The normalized spacial score (nSPS) is 12.4. The number of rotatable bonds is 6. The van der Waals surface area contributed by atoms with Crippen LogP contribution in [0.25, 0.3) is 0 Å². The van der Waals surface area contributed by atoms with Gasteiger partial charge >= 0.3 is 0 Å². The second-order valence-corrected chi connectivity index (χ2v) is 5.86. The molecule has 0 radical (unpaired) electrons. The minimum absolute atomic E-state index is 0.234. The SMILES string of the molecule is CCCn1ncc(OC)c1C(NN)c1ccc(Cl)c(Br)c1. The topological polar surface area (TPSA) is 65.1 Å².